The van der Waals surface area contributed by atoms with Gasteiger partial charge in [0, 0.05) is 12.3 Å². The normalized spacial score (nSPS) is 11.5. The maximum absolute atomic E-state index is 10.7. The van der Waals surface area contributed by atoms with E-state index in [1.165, 1.54) is 6.07 Å². The van der Waals surface area contributed by atoms with Crippen LogP contribution in [0, 0.1) is 5.41 Å². The van der Waals surface area contributed by atoms with Gasteiger partial charge in [0.25, 0.3) is 0 Å². The molecule has 1 aromatic rings. The first kappa shape index (κ1) is 11.9. The lowest BCUT2D eigenvalue weighted by Crippen LogP contribution is -2.76. The Hall–Kier alpha value is -1.17. The Labute approximate surface area is 95.7 Å². The number of carboxylic acid groups (broad SMARTS) is 1. The highest BCUT2D eigenvalue weighted by Gasteiger charge is 2.16. The fraction of sp³-hybridized carbons (Fsp3) is 0.111. The van der Waals surface area contributed by atoms with Crippen LogP contribution in [-0.2, 0) is 0 Å². The van der Waals surface area contributed by atoms with E-state index in [-0.39, 0.29) is 4.88 Å². The molecule has 80 valence electrons. The average Bonchev–Trinajstić information content (AvgIpc) is 2.57. The van der Waals surface area contributed by atoms with E-state index in [2.05, 4.69) is 0 Å². The van der Waals surface area contributed by atoms with E-state index in [1.54, 1.807) is 11.4 Å². The molecule has 0 aliphatic rings. The predicted octanol–water partition coefficient (Wildman–Crippen LogP) is 1.28. The summed E-state index contributed by atoms with van der Waals surface area (Å²) in [5.41, 5.74) is 1.41. The van der Waals surface area contributed by atoms with Crippen LogP contribution in [0.1, 0.15) is 15.2 Å². The van der Waals surface area contributed by atoms with Crippen LogP contribution in [0.25, 0.3) is 5.70 Å². The van der Waals surface area contributed by atoms with Gasteiger partial charge in [-0.05, 0) is 6.07 Å². The summed E-state index contributed by atoms with van der Waals surface area (Å²) in [6, 6.07) is 1.52. The number of halogens is 1. The summed E-state index contributed by atoms with van der Waals surface area (Å²) in [5.74, 6) is -0.988. The maximum Gasteiger partial charge on any atom is 0.345 e. The first-order valence-electron chi connectivity index (χ1n) is 4.13. The van der Waals surface area contributed by atoms with Gasteiger partial charge in [-0.25, -0.2) is 4.79 Å². The highest BCUT2D eigenvalue weighted by Crippen LogP contribution is 2.30. The lowest BCUT2D eigenvalue weighted by atomic mass is 10.2. The third-order valence-electron chi connectivity index (χ3n) is 1.78. The van der Waals surface area contributed by atoms with Crippen molar-refractivity contribution in [2.24, 2.45) is 0 Å². The van der Waals surface area contributed by atoms with Gasteiger partial charge >= 0.3 is 5.97 Å². The molecule has 4 N–H and O–H groups in total. The molecule has 0 unspecified atom stereocenters. The van der Waals surface area contributed by atoms with Crippen LogP contribution in [0.15, 0.2) is 12.1 Å². The number of quaternary nitrogens is 1. The number of nitrogens with one attached hydrogen (secondary N) is 1. The Morgan fingerprint density at radius 3 is 2.80 bits per heavy atom. The number of thiophene rings is 1. The SMILES string of the molecule is C[NH2+]/C(=C\C=N)c1cc(C(=O)O)sc1Cl. The molecular weight excluding hydrogens is 236 g/mol. The van der Waals surface area contributed by atoms with E-state index in [0.29, 0.717) is 9.90 Å². The molecule has 0 spiro atoms. The topological polar surface area (TPSA) is 77.8 Å². The van der Waals surface area contributed by atoms with Gasteiger partial charge in [0.2, 0.25) is 0 Å². The van der Waals surface area contributed by atoms with Gasteiger partial charge in [-0.1, -0.05) is 11.6 Å². The smallest absolute Gasteiger partial charge is 0.345 e. The van der Waals surface area contributed by atoms with Crippen molar-refractivity contribution in [2.45, 2.75) is 0 Å². The Morgan fingerprint density at radius 1 is 1.73 bits per heavy atom. The highest BCUT2D eigenvalue weighted by atomic mass is 35.5. The number of rotatable bonds is 4. The molecule has 0 radical (unpaired) electrons. The predicted molar refractivity (Wildman–Crippen MR) is 60.9 cm³/mol. The largest absolute Gasteiger partial charge is 0.477 e. The van der Waals surface area contributed by atoms with Gasteiger partial charge in [0.05, 0.1) is 12.6 Å². The molecule has 0 fully saturated rings. The summed E-state index contributed by atoms with van der Waals surface area (Å²) < 4.78 is 0.429. The molecular formula is C9H10ClN2O2S+. The van der Waals surface area contributed by atoms with E-state index >= 15 is 0 Å². The van der Waals surface area contributed by atoms with Crippen molar-refractivity contribution < 1.29 is 15.2 Å². The van der Waals surface area contributed by atoms with E-state index < -0.39 is 5.97 Å². The Morgan fingerprint density at radius 2 is 2.40 bits per heavy atom. The second-order valence-electron chi connectivity index (χ2n) is 2.68. The van der Waals surface area contributed by atoms with Crippen LogP contribution < -0.4 is 5.32 Å². The first-order valence-corrected chi connectivity index (χ1v) is 5.32. The van der Waals surface area contributed by atoms with Gasteiger partial charge in [-0.3, -0.25) is 0 Å². The lowest BCUT2D eigenvalue weighted by molar-refractivity contribution is -0.530. The highest BCUT2D eigenvalue weighted by molar-refractivity contribution is 7.18. The Bertz CT molecular complexity index is 426. The van der Waals surface area contributed by atoms with E-state index in [4.69, 9.17) is 22.1 Å². The molecule has 0 saturated carbocycles. The Kier molecular flexibility index (Phi) is 4.02. The summed E-state index contributed by atoms with van der Waals surface area (Å²) in [6.45, 7) is 0. The molecule has 0 aromatic carbocycles. The second kappa shape index (κ2) is 5.06. The van der Waals surface area contributed by atoms with Crippen molar-refractivity contribution in [1.82, 2.24) is 0 Å². The molecule has 1 heterocycles. The first-order chi connectivity index (χ1) is 7.10. The van der Waals surface area contributed by atoms with Crippen LogP contribution in [0.5, 0.6) is 0 Å². The molecule has 1 rings (SSSR count). The number of nitrogens with two attached hydrogens (primary N) is 1. The zero-order chi connectivity index (χ0) is 11.4. The average molecular weight is 246 g/mol. The molecule has 0 saturated heterocycles. The van der Waals surface area contributed by atoms with Gasteiger partial charge in [0.15, 0.2) is 0 Å². The number of hydrogen-bond donors (Lipinski definition) is 3. The van der Waals surface area contributed by atoms with Crippen molar-refractivity contribution in [3.8, 4) is 0 Å². The van der Waals surface area contributed by atoms with Crippen LogP contribution >= 0.6 is 22.9 Å². The maximum atomic E-state index is 10.7. The lowest BCUT2D eigenvalue weighted by Gasteiger charge is -1.97. The molecule has 0 atom stereocenters. The van der Waals surface area contributed by atoms with Gasteiger partial charge in [-0.15, -0.1) is 11.3 Å². The third-order valence-corrected chi connectivity index (χ3v) is 3.13. The van der Waals surface area contributed by atoms with Crippen molar-refractivity contribution in [2.75, 3.05) is 7.05 Å². The van der Waals surface area contributed by atoms with Crippen LogP contribution in [0.3, 0.4) is 0 Å². The number of allylic oxidation sites excluding steroid dienone is 1. The van der Waals surface area contributed by atoms with Crippen molar-refractivity contribution >= 4 is 40.8 Å². The number of carbonyl (C=O) groups is 1. The van der Waals surface area contributed by atoms with Crippen molar-refractivity contribution in [3.63, 3.8) is 0 Å². The summed E-state index contributed by atoms with van der Waals surface area (Å²) in [7, 11) is 1.81. The summed E-state index contributed by atoms with van der Waals surface area (Å²) in [4.78, 5) is 10.9. The number of carboxylic acids is 1. The molecule has 0 aliphatic heterocycles. The molecule has 1 aromatic heterocycles. The second-order valence-corrected chi connectivity index (χ2v) is 4.33. The zero-order valence-electron chi connectivity index (χ0n) is 7.95. The Balaban J connectivity index is 3.19. The minimum absolute atomic E-state index is 0.202. The van der Waals surface area contributed by atoms with Crippen LogP contribution in [0.2, 0.25) is 4.34 Å². The third kappa shape index (κ3) is 2.65. The minimum atomic E-state index is -0.988. The van der Waals surface area contributed by atoms with Gasteiger partial charge in [0.1, 0.15) is 14.9 Å². The molecule has 6 heteroatoms. The van der Waals surface area contributed by atoms with E-state index in [1.807, 2.05) is 7.05 Å². The van der Waals surface area contributed by atoms with Gasteiger partial charge in [-0.2, -0.15) is 0 Å². The standard InChI is InChI=1S/C9H9ClN2O2S/c1-12-6(2-3-11)5-4-7(9(13)14)15-8(5)10/h2-4,11-12H,1H3,(H,13,14)/p+1/b6-2-,11-3?. The summed E-state index contributed by atoms with van der Waals surface area (Å²) in [6.07, 6.45) is 2.71. The molecule has 4 nitrogen and oxygen atoms in total. The summed E-state index contributed by atoms with van der Waals surface area (Å²) >= 11 is 6.94. The number of aromatic carboxylic acids is 1. The minimum Gasteiger partial charge on any atom is -0.477 e. The quantitative estimate of drug-likeness (QED) is 0.699. The van der Waals surface area contributed by atoms with Crippen molar-refractivity contribution in [3.05, 3.63) is 26.9 Å². The fourth-order valence-electron chi connectivity index (χ4n) is 1.10. The van der Waals surface area contributed by atoms with Gasteiger partial charge < -0.3 is 15.8 Å². The van der Waals surface area contributed by atoms with Crippen LogP contribution in [0.4, 0.5) is 0 Å². The van der Waals surface area contributed by atoms with E-state index in [9.17, 15) is 4.79 Å². The molecule has 0 amide bonds. The zero-order valence-corrected chi connectivity index (χ0v) is 9.52. The summed E-state index contributed by atoms with van der Waals surface area (Å²) in [5, 5.41) is 17.5. The molecule has 0 aliphatic carbocycles. The van der Waals surface area contributed by atoms with Crippen LogP contribution in [-0.4, -0.2) is 24.3 Å². The number of hydrogen-bond acceptors (Lipinski definition) is 3. The van der Waals surface area contributed by atoms with E-state index in [0.717, 1.165) is 23.2 Å². The molecule has 0 bridgehead atoms. The fourth-order valence-corrected chi connectivity index (χ4v) is 2.26. The van der Waals surface area contributed by atoms with Crippen molar-refractivity contribution in [1.29, 1.82) is 5.41 Å². The monoisotopic (exact) mass is 245 g/mol. The molecule has 15 heavy (non-hydrogen) atoms.